The summed E-state index contributed by atoms with van der Waals surface area (Å²) in [7, 11) is 1.43. The van der Waals surface area contributed by atoms with Crippen molar-refractivity contribution < 1.29 is 23.9 Å². The van der Waals surface area contributed by atoms with Gasteiger partial charge in [-0.15, -0.1) is 0 Å². The number of ether oxygens (including phenoxy) is 2. The Labute approximate surface area is 140 Å². The molecule has 8 nitrogen and oxygen atoms in total. The molecule has 0 unspecified atom stereocenters. The smallest absolute Gasteiger partial charge is 0.340 e. The zero-order valence-electron chi connectivity index (χ0n) is 13.8. The minimum Gasteiger partial charge on any atom is -0.462 e. The van der Waals surface area contributed by atoms with Crippen LogP contribution < -0.4 is 5.32 Å². The van der Waals surface area contributed by atoms with Gasteiger partial charge in [-0.1, -0.05) is 6.07 Å². The van der Waals surface area contributed by atoms with Gasteiger partial charge in [-0.2, -0.15) is 0 Å². The van der Waals surface area contributed by atoms with E-state index in [1.807, 2.05) is 0 Å². The van der Waals surface area contributed by atoms with Crippen molar-refractivity contribution in [3.05, 3.63) is 29.8 Å². The maximum absolute atomic E-state index is 12.4. The van der Waals surface area contributed by atoms with Crippen molar-refractivity contribution >= 4 is 23.6 Å². The van der Waals surface area contributed by atoms with Crippen molar-refractivity contribution in [1.82, 2.24) is 10.0 Å². The molecule has 1 aromatic carbocycles. The zero-order chi connectivity index (χ0) is 17.5. The van der Waals surface area contributed by atoms with Gasteiger partial charge in [0, 0.05) is 25.9 Å². The molecule has 1 heterocycles. The van der Waals surface area contributed by atoms with Crippen LogP contribution in [0.1, 0.15) is 23.7 Å². The molecule has 2 rings (SSSR count). The van der Waals surface area contributed by atoms with Crippen molar-refractivity contribution in [2.24, 2.45) is 0 Å². The van der Waals surface area contributed by atoms with Crippen LogP contribution in [0.5, 0.6) is 0 Å². The first-order chi connectivity index (χ1) is 11.6. The van der Waals surface area contributed by atoms with Crippen molar-refractivity contribution in [3.63, 3.8) is 0 Å². The van der Waals surface area contributed by atoms with Crippen LogP contribution in [0.3, 0.4) is 0 Å². The third-order valence-electron chi connectivity index (χ3n) is 3.45. The highest BCUT2D eigenvalue weighted by Crippen LogP contribution is 2.16. The number of methoxy groups -OCH3 is 1. The molecule has 1 saturated heterocycles. The third kappa shape index (κ3) is 4.23. The van der Waals surface area contributed by atoms with Crippen LogP contribution in [-0.4, -0.2) is 61.3 Å². The van der Waals surface area contributed by atoms with Gasteiger partial charge in [-0.05, 0) is 31.5 Å². The molecule has 130 valence electrons. The molecule has 0 radical (unpaired) electrons. The van der Waals surface area contributed by atoms with Gasteiger partial charge in [-0.25, -0.2) is 19.6 Å². The molecule has 8 heteroatoms. The number of carbonyl (C=O) groups is 3. The van der Waals surface area contributed by atoms with Crippen molar-refractivity contribution in [2.45, 2.75) is 13.3 Å². The Bertz CT molecular complexity index is 619. The minimum atomic E-state index is -0.452. The van der Waals surface area contributed by atoms with Crippen LogP contribution in [0.25, 0.3) is 0 Å². The molecule has 24 heavy (non-hydrogen) atoms. The SMILES string of the molecule is CCOC(=O)c1cccc(NC(=O)N2CCCN2C(=O)COC)c1. The normalized spacial score (nSPS) is 13.8. The summed E-state index contributed by atoms with van der Waals surface area (Å²) in [5.74, 6) is -0.725. The molecule has 1 aliphatic rings. The van der Waals surface area contributed by atoms with Crippen molar-refractivity contribution in [1.29, 1.82) is 0 Å². The number of amides is 3. The number of hydrogen-bond donors (Lipinski definition) is 1. The average molecular weight is 335 g/mol. The summed E-state index contributed by atoms with van der Waals surface area (Å²) in [6.07, 6.45) is 0.700. The molecular formula is C16H21N3O5. The van der Waals surface area contributed by atoms with Gasteiger partial charge in [0.1, 0.15) is 6.61 Å². The predicted molar refractivity (Wildman–Crippen MR) is 86.3 cm³/mol. The summed E-state index contributed by atoms with van der Waals surface area (Å²) in [6.45, 7) is 2.84. The Morgan fingerprint density at radius 2 is 1.96 bits per heavy atom. The second-order valence-corrected chi connectivity index (χ2v) is 5.16. The van der Waals surface area contributed by atoms with E-state index >= 15 is 0 Å². The number of esters is 1. The number of hydrogen-bond acceptors (Lipinski definition) is 5. The van der Waals surface area contributed by atoms with Crippen LogP contribution in [-0.2, 0) is 14.3 Å². The second-order valence-electron chi connectivity index (χ2n) is 5.16. The van der Waals surface area contributed by atoms with E-state index in [0.29, 0.717) is 30.8 Å². The summed E-state index contributed by atoms with van der Waals surface area (Å²) in [5, 5.41) is 5.41. The van der Waals surface area contributed by atoms with Gasteiger partial charge < -0.3 is 14.8 Å². The zero-order valence-corrected chi connectivity index (χ0v) is 13.8. The maximum atomic E-state index is 12.4. The van der Waals surface area contributed by atoms with Crippen molar-refractivity contribution in [2.75, 3.05) is 38.7 Å². The van der Waals surface area contributed by atoms with Crippen LogP contribution in [0, 0.1) is 0 Å². The van der Waals surface area contributed by atoms with Crippen LogP contribution >= 0.6 is 0 Å². The second kappa shape index (κ2) is 8.30. The lowest BCUT2D eigenvalue weighted by atomic mass is 10.2. The molecular weight excluding hydrogens is 314 g/mol. The van der Waals surface area contributed by atoms with Crippen LogP contribution in [0.15, 0.2) is 24.3 Å². The molecule has 3 amide bonds. The molecule has 0 atom stereocenters. The quantitative estimate of drug-likeness (QED) is 0.824. The number of anilines is 1. The topological polar surface area (TPSA) is 88.2 Å². The molecule has 0 aromatic heterocycles. The summed E-state index contributed by atoms with van der Waals surface area (Å²) in [5.41, 5.74) is 0.806. The first kappa shape index (κ1) is 17.7. The largest absolute Gasteiger partial charge is 0.462 e. The number of rotatable bonds is 5. The number of carbonyl (C=O) groups excluding carboxylic acids is 3. The molecule has 1 N–H and O–H groups in total. The highest BCUT2D eigenvalue weighted by molar-refractivity contribution is 5.94. The molecule has 0 aliphatic carbocycles. The van der Waals surface area contributed by atoms with E-state index in [0.717, 1.165) is 0 Å². The van der Waals surface area contributed by atoms with E-state index < -0.39 is 12.0 Å². The summed E-state index contributed by atoms with van der Waals surface area (Å²) in [4.78, 5) is 36.1. The van der Waals surface area contributed by atoms with E-state index in [1.165, 1.54) is 23.2 Å². The fraction of sp³-hybridized carbons (Fsp3) is 0.438. The number of hydrazine groups is 1. The molecule has 1 aromatic rings. The highest BCUT2D eigenvalue weighted by Gasteiger charge is 2.30. The van der Waals surface area contributed by atoms with Gasteiger partial charge in [0.15, 0.2) is 0 Å². The molecule has 0 spiro atoms. The lowest BCUT2D eigenvalue weighted by molar-refractivity contribution is -0.143. The monoisotopic (exact) mass is 335 g/mol. The van der Waals surface area contributed by atoms with Gasteiger partial charge >= 0.3 is 12.0 Å². The first-order valence-electron chi connectivity index (χ1n) is 7.71. The maximum Gasteiger partial charge on any atom is 0.340 e. The van der Waals surface area contributed by atoms with E-state index in [-0.39, 0.29) is 19.1 Å². The fourth-order valence-corrected chi connectivity index (χ4v) is 2.41. The van der Waals surface area contributed by atoms with Crippen LogP contribution in [0.4, 0.5) is 10.5 Å². The fourth-order valence-electron chi connectivity index (χ4n) is 2.41. The number of nitrogens with zero attached hydrogens (tertiary/aromatic N) is 2. The van der Waals surface area contributed by atoms with Gasteiger partial charge in [0.25, 0.3) is 5.91 Å². The standard InChI is InChI=1S/C16H21N3O5/c1-3-24-15(21)12-6-4-7-13(10-12)17-16(22)19-9-5-8-18(19)14(20)11-23-2/h4,6-7,10H,3,5,8-9,11H2,1-2H3,(H,17,22). The Morgan fingerprint density at radius 1 is 1.21 bits per heavy atom. The van der Waals surface area contributed by atoms with Gasteiger partial charge in [-0.3, -0.25) is 4.79 Å². The van der Waals surface area contributed by atoms with Crippen LogP contribution in [0.2, 0.25) is 0 Å². The molecule has 1 aliphatic heterocycles. The van der Waals surface area contributed by atoms with E-state index in [4.69, 9.17) is 9.47 Å². The highest BCUT2D eigenvalue weighted by atomic mass is 16.5. The average Bonchev–Trinajstić information content (AvgIpc) is 3.05. The number of urea groups is 1. The molecule has 0 saturated carbocycles. The molecule has 0 bridgehead atoms. The third-order valence-corrected chi connectivity index (χ3v) is 3.45. The van der Waals surface area contributed by atoms with Crippen molar-refractivity contribution in [3.8, 4) is 0 Å². The first-order valence-corrected chi connectivity index (χ1v) is 7.71. The number of nitrogens with one attached hydrogen (secondary N) is 1. The number of benzene rings is 1. The Morgan fingerprint density at radius 3 is 2.67 bits per heavy atom. The van der Waals surface area contributed by atoms with Gasteiger partial charge in [0.2, 0.25) is 0 Å². The van der Waals surface area contributed by atoms with E-state index in [1.54, 1.807) is 25.1 Å². The van der Waals surface area contributed by atoms with E-state index in [9.17, 15) is 14.4 Å². The van der Waals surface area contributed by atoms with Gasteiger partial charge in [0.05, 0.1) is 12.2 Å². The Kier molecular flexibility index (Phi) is 6.14. The van der Waals surface area contributed by atoms with E-state index in [2.05, 4.69) is 5.32 Å². The summed E-state index contributed by atoms with van der Waals surface area (Å²) >= 11 is 0. The lowest BCUT2D eigenvalue weighted by Gasteiger charge is -2.27. The predicted octanol–water partition coefficient (Wildman–Crippen LogP) is 1.49. The lowest BCUT2D eigenvalue weighted by Crippen LogP contribution is -2.47. The molecule has 1 fully saturated rings. The Balaban J connectivity index is 2.05. The summed E-state index contributed by atoms with van der Waals surface area (Å²) in [6, 6.07) is 6.03. The summed E-state index contributed by atoms with van der Waals surface area (Å²) < 4.78 is 9.76. The minimum absolute atomic E-state index is 0.0812. The Hall–Kier alpha value is -2.61.